The van der Waals surface area contributed by atoms with Gasteiger partial charge in [-0.3, -0.25) is 9.59 Å². The standard InChI is InChI=1S/C16H30N2O2.C15H28N2O2.2CO2.CH4/c1-6-12-9-14(17-5)16(18-11(4)19)15(10-12)20-13(7-2)8-3;1-5-11-8-13(16)15(17-10(4)18)14(9-11)19-12(6-2)7-3;2*2-1-3;/h10,13-17H,6-9H2,1-5H3,(H,18,19);9,12-15H,5-8,16H2,1-4H3,(H,17,18);;;1H4/t14-,15+,16+;13-,14+,15+;;;/m00.../s1. The Morgan fingerprint density at radius 1 is 0.761 bits per heavy atom. The number of rotatable bonds is 13. The third-order valence-electron chi connectivity index (χ3n) is 7.92. The lowest BCUT2D eigenvalue weighted by Gasteiger charge is -2.38. The average molecular weight is 655 g/mol. The maximum atomic E-state index is 11.5. The summed E-state index contributed by atoms with van der Waals surface area (Å²) in [5.74, 6) is -0.0475. The Morgan fingerprint density at radius 2 is 1.11 bits per heavy atom. The van der Waals surface area contributed by atoms with Gasteiger partial charge in [0.1, 0.15) is 0 Å². The molecule has 2 amide bonds. The number of hydrogen-bond acceptors (Lipinski definition) is 10. The molecule has 0 spiro atoms. The van der Waals surface area contributed by atoms with Gasteiger partial charge in [-0.1, -0.05) is 72.3 Å². The molecular formula is C34H62N4O8. The average Bonchev–Trinajstić information content (AvgIpc) is 3.01. The zero-order chi connectivity index (χ0) is 34.9. The molecule has 2 rings (SSSR count). The maximum Gasteiger partial charge on any atom is 0.373 e. The molecule has 2 aliphatic rings. The number of carbonyl (C=O) groups excluding carboxylic acids is 6. The van der Waals surface area contributed by atoms with Gasteiger partial charge in [0.25, 0.3) is 0 Å². The van der Waals surface area contributed by atoms with E-state index in [-0.39, 0.29) is 80.1 Å². The van der Waals surface area contributed by atoms with Crippen LogP contribution in [-0.2, 0) is 38.2 Å². The number of ether oxygens (including phenoxy) is 2. The van der Waals surface area contributed by atoms with Gasteiger partial charge >= 0.3 is 12.3 Å². The molecular weight excluding hydrogens is 592 g/mol. The van der Waals surface area contributed by atoms with E-state index in [4.69, 9.17) is 34.4 Å². The molecule has 0 radical (unpaired) electrons. The van der Waals surface area contributed by atoms with Gasteiger partial charge < -0.3 is 31.2 Å². The first-order chi connectivity index (χ1) is 21.4. The van der Waals surface area contributed by atoms with Crippen LogP contribution in [0.25, 0.3) is 0 Å². The van der Waals surface area contributed by atoms with E-state index in [1.54, 1.807) is 6.92 Å². The summed E-state index contributed by atoms with van der Waals surface area (Å²) in [7, 11) is 1.95. The second kappa shape index (κ2) is 28.3. The Balaban J connectivity index is -0.000000673. The van der Waals surface area contributed by atoms with Crippen LogP contribution in [0.1, 0.15) is 114 Å². The molecule has 0 aromatic heterocycles. The third-order valence-corrected chi connectivity index (χ3v) is 7.92. The first-order valence-corrected chi connectivity index (χ1v) is 16.1. The molecule has 0 bridgehead atoms. The minimum absolute atomic E-state index is 0. The van der Waals surface area contributed by atoms with Crippen molar-refractivity contribution in [2.75, 3.05) is 7.05 Å². The number of amides is 2. The van der Waals surface area contributed by atoms with Gasteiger partial charge in [0.05, 0.1) is 36.5 Å². The maximum absolute atomic E-state index is 11.5. The van der Waals surface area contributed by atoms with E-state index >= 15 is 0 Å². The fourth-order valence-electron chi connectivity index (χ4n) is 5.42. The van der Waals surface area contributed by atoms with Crippen LogP contribution in [-0.4, -0.2) is 79.7 Å². The lowest BCUT2D eigenvalue weighted by atomic mass is 9.86. The van der Waals surface area contributed by atoms with Crippen LogP contribution in [0, 0.1) is 0 Å². The summed E-state index contributed by atoms with van der Waals surface area (Å²) >= 11 is 0. The summed E-state index contributed by atoms with van der Waals surface area (Å²) in [6.45, 7) is 15.9. The van der Waals surface area contributed by atoms with Gasteiger partial charge in [-0.15, -0.1) is 0 Å². The SMILES string of the molecule is C.CCC1=C[C@@H](OC(CC)CC)[C@H](NC(C)=O)[C@@H](N)C1.CCC1=C[C@@H](OC(CC)CC)[C@H](NC(C)=O)[C@@H](NC)C1.O=C=O.O=C=O. The first kappa shape index (κ1) is 47.4. The highest BCUT2D eigenvalue weighted by molar-refractivity contribution is 5.74. The van der Waals surface area contributed by atoms with E-state index in [9.17, 15) is 9.59 Å². The van der Waals surface area contributed by atoms with Crippen molar-refractivity contribution in [2.45, 2.75) is 163 Å². The molecule has 0 fully saturated rings. The lowest BCUT2D eigenvalue weighted by Crippen LogP contribution is -2.57. The molecule has 5 N–H and O–H groups in total. The molecule has 2 aliphatic carbocycles. The van der Waals surface area contributed by atoms with Crippen molar-refractivity contribution in [1.29, 1.82) is 0 Å². The Labute approximate surface area is 277 Å². The van der Waals surface area contributed by atoms with Gasteiger partial charge in [0.15, 0.2) is 0 Å². The highest BCUT2D eigenvalue weighted by Crippen LogP contribution is 2.26. The summed E-state index contributed by atoms with van der Waals surface area (Å²) in [6.07, 6.45) is 13.0. The molecule has 46 heavy (non-hydrogen) atoms. The molecule has 0 aromatic rings. The Kier molecular flexibility index (Phi) is 29.1. The van der Waals surface area contributed by atoms with Gasteiger partial charge in [-0.05, 0) is 58.4 Å². The summed E-state index contributed by atoms with van der Waals surface area (Å²) < 4.78 is 12.4. The molecule has 0 saturated carbocycles. The topological polar surface area (TPSA) is 183 Å². The molecule has 0 heterocycles. The number of likely N-dealkylation sites (N-methyl/N-ethyl adjacent to an activating group) is 1. The monoisotopic (exact) mass is 654 g/mol. The predicted octanol–water partition coefficient (Wildman–Crippen LogP) is 3.99. The molecule has 0 saturated heterocycles. The number of nitrogens with two attached hydrogens (primary N) is 1. The smallest absolute Gasteiger partial charge is 0.369 e. The second-order valence-electron chi connectivity index (χ2n) is 11.0. The Bertz CT molecular complexity index is 954. The van der Waals surface area contributed by atoms with E-state index in [0.717, 1.165) is 51.4 Å². The number of hydrogen-bond donors (Lipinski definition) is 4. The highest BCUT2D eigenvalue weighted by Gasteiger charge is 2.35. The van der Waals surface area contributed by atoms with Crippen LogP contribution >= 0.6 is 0 Å². The third kappa shape index (κ3) is 18.9. The summed E-state index contributed by atoms with van der Waals surface area (Å²) in [6, 6.07) is 0.0585. The van der Waals surface area contributed by atoms with Crippen molar-refractivity contribution < 1.29 is 38.2 Å². The van der Waals surface area contributed by atoms with Crippen LogP contribution in [0.3, 0.4) is 0 Å². The van der Waals surface area contributed by atoms with Crippen LogP contribution in [0.2, 0.25) is 0 Å². The molecule has 0 unspecified atom stereocenters. The quantitative estimate of drug-likeness (QED) is 0.212. The molecule has 6 atom stereocenters. The van der Waals surface area contributed by atoms with Crippen molar-refractivity contribution in [3.63, 3.8) is 0 Å². The fourth-order valence-corrected chi connectivity index (χ4v) is 5.42. The number of carbonyl (C=O) groups is 2. The summed E-state index contributed by atoms with van der Waals surface area (Å²) in [5, 5.41) is 9.33. The van der Waals surface area contributed by atoms with Crippen LogP contribution in [0.4, 0.5) is 0 Å². The van der Waals surface area contributed by atoms with Crippen molar-refractivity contribution in [3.05, 3.63) is 23.3 Å². The first-order valence-electron chi connectivity index (χ1n) is 16.1. The number of nitrogens with one attached hydrogen (secondary N) is 3. The molecule has 12 nitrogen and oxygen atoms in total. The van der Waals surface area contributed by atoms with E-state index in [2.05, 4.69) is 69.6 Å². The van der Waals surface area contributed by atoms with E-state index in [0.29, 0.717) is 0 Å². The fraction of sp³-hybridized carbons (Fsp3) is 0.765. The molecule has 0 aromatic carbocycles. The predicted molar refractivity (Wildman–Crippen MR) is 177 cm³/mol. The Hall–Kier alpha value is -2.98. The highest BCUT2D eigenvalue weighted by atomic mass is 16.5. The van der Waals surface area contributed by atoms with Gasteiger partial charge in [0.2, 0.25) is 11.8 Å². The van der Waals surface area contributed by atoms with Crippen molar-refractivity contribution in [2.24, 2.45) is 5.73 Å². The molecule has 0 aliphatic heterocycles. The van der Waals surface area contributed by atoms with E-state index < -0.39 is 0 Å². The normalized spacial score (nSPS) is 23.1. The van der Waals surface area contributed by atoms with E-state index in [1.807, 2.05) is 7.05 Å². The molecule has 12 heteroatoms. The minimum Gasteiger partial charge on any atom is -0.369 e. The van der Waals surface area contributed by atoms with Gasteiger partial charge in [0, 0.05) is 25.9 Å². The second-order valence-corrected chi connectivity index (χ2v) is 11.0. The van der Waals surface area contributed by atoms with E-state index in [1.165, 1.54) is 18.1 Å². The zero-order valence-electron chi connectivity index (χ0n) is 28.8. The van der Waals surface area contributed by atoms with Crippen LogP contribution in [0.15, 0.2) is 23.3 Å². The van der Waals surface area contributed by atoms with Gasteiger partial charge in [-0.2, -0.15) is 19.2 Å². The summed E-state index contributed by atoms with van der Waals surface area (Å²) in [5.41, 5.74) is 8.94. The molecule has 266 valence electrons. The van der Waals surface area contributed by atoms with Crippen LogP contribution < -0.4 is 21.7 Å². The zero-order valence-corrected chi connectivity index (χ0v) is 28.8. The van der Waals surface area contributed by atoms with Crippen molar-refractivity contribution in [3.8, 4) is 0 Å². The Morgan fingerprint density at radius 3 is 1.43 bits per heavy atom. The van der Waals surface area contributed by atoms with Crippen molar-refractivity contribution >= 4 is 24.1 Å². The van der Waals surface area contributed by atoms with Gasteiger partial charge in [-0.25, -0.2) is 0 Å². The van der Waals surface area contributed by atoms with Crippen molar-refractivity contribution in [1.82, 2.24) is 16.0 Å². The largest absolute Gasteiger partial charge is 0.373 e. The van der Waals surface area contributed by atoms with Crippen LogP contribution in [0.5, 0.6) is 0 Å². The minimum atomic E-state index is -0.117. The lowest BCUT2D eigenvalue weighted by molar-refractivity contribution is -0.193. The summed E-state index contributed by atoms with van der Waals surface area (Å²) in [4.78, 5) is 55.3.